The molecule has 1 unspecified atom stereocenters. The quantitative estimate of drug-likeness (QED) is 0.836. The number of amides is 1. The predicted molar refractivity (Wildman–Crippen MR) is 107 cm³/mol. The van der Waals surface area contributed by atoms with Crippen LogP contribution >= 0.6 is 24.0 Å². The van der Waals surface area contributed by atoms with Gasteiger partial charge in [-0.1, -0.05) is 35.9 Å². The summed E-state index contributed by atoms with van der Waals surface area (Å²) in [7, 11) is 1.65. The number of hydrogen-bond donors (Lipinski definition) is 1. The second-order valence-electron chi connectivity index (χ2n) is 6.21. The lowest BCUT2D eigenvalue weighted by Crippen LogP contribution is -2.48. The molecular formula is C20H24Cl2N2O2. The van der Waals surface area contributed by atoms with E-state index >= 15 is 0 Å². The van der Waals surface area contributed by atoms with Gasteiger partial charge >= 0.3 is 0 Å². The molecule has 140 valence electrons. The van der Waals surface area contributed by atoms with E-state index in [1.165, 1.54) is 0 Å². The molecule has 1 amide bonds. The van der Waals surface area contributed by atoms with E-state index in [9.17, 15) is 4.79 Å². The van der Waals surface area contributed by atoms with Gasteiger partial charge in [0.05, 0.1) is 13.2 Å². The topological polar surface area (TPSA) is 41.6 Å². The number of aryl methyl sites for hydroxylation is 1. The van der Waals surface area contributed by atoms with Gasteiger partial charge in [-0.25, -0.2) is 0 Å². The molecule has 0 saturated carbocycles. The zero-order valence-electron chi connectivity index (χ0n) is 14.8. The summed E-state index contributed by atoms with van der Waals surface area (Å²) in [6.45, 7) is 2.30. The van der Waals surface area contributed by atoms with Gasteiger partial charge in [0, 0.05) is 31.1 Å². The average Bonchev–Trinajstić information content (AvgIpc) is 2.66. The van der Waals surface area contributed by atoms with Gasteiger partial charge in [-0.05, 0) is 41.8 Å². The first-order valence-corrected chi connectivity index (χ1v) is 8.94. The molecule has 1 heterocycles. The number of ether oxygens (including phenoxy) is 1. The Bertz CT molecular complexity index is 722. The van der Waals surface area contributed by atoms with E-state index in [-0.39, 0.29) is 24.4 Å². The Morgan fingerprint density at radius 2 is 2.04 bits per heavy atom. The van der Waals surface area contributed by atoms with Gasteiger partial charge < -0.3 is 15.0 Å². The lowest BCUT2D eigenvalue weighted by Gasteiger charge is -2.36. The fraction of sp³-hybridized carbons (Fsp3) is 0.350. The number of methoxy groups -OCH3 is 1. The largest absolute Gasteiger partial charge is 0.497 e. The maximum absolute atomic E-state index is 12.8. The molecule has 1 fully saturated rings. The standard InChI is InChI=1S/C20H23ClN2O2.ClH/c1-25-18-8-5-15(6-9-18)7-10-20(24)23-12-11-22-14-19(23)16-3-2-4-17(21)13-16;/h2-6,8-9,13,19,22H,7,10-12,14H2,1H3;1H. The van der Waals surface area contributed by atoms with Crippen molar-refractivity contribution in [1.29, 1.82) is 0 Å². The first kappa shape index (κ1) is 20.6. The zero-order chi connectivity index (χ0) is 17.6. The Morgan fingerprint density at radius 3 is 2.73 bits per heavy atom. The molecular weight excluding hydrogens is 371 g/mol. The maximum atomic E-state index is 12.8. The monoisotopic (exact) mass is 394 g/mol. The number of hydrogen-bond acceptors (Lipinski definition) is 3. The Morgan fingerprint density at radius 1 is 1.27 bits per heavy atom. The van der Waals surface area contributed by atoms with Crippen molar-refractivity contribution < 1.29 is 9.53 Å². The van der Waals surface area contributed by atoms with Crippen LogP contribution in [0.2, 0.25) is 5.02 Å². The number of nitrogens with one attached hydrogen (secondary N) is 1. The fourth-order valence-corrected chi connectivity index (χ4v) is 3.40. The summed E-state index contributed by atoms with van der Waals surface area (Å²) >= 11 is 6.12. The van der Waals surface area contributed by atoms with E-state index in [1.54, 1.807) is 7.11 Å². The molecule has 0 bridgehead atoms. The van der Waals surface area contributed by atoms with Crippen LogP contribution in [0.1, 0.15) is 23.6 Å². The van der Waals surface area contributed by atoms with E-state index in [0.29, 0.717) is 11.4 Å². The van der Waals surface area contributed by atoms with Crippen LogP contribution in [0.4, 0.5) is 0 Å². The molecule has 0 radical (unpaired) electrons. The molecule has 0 aliphatic carbocycles. The van der Waals surface area contributed by atoms with Crippen molar-refractivity contribution in [3.8, 4) is 5.75 Å². The van der Waals surface area contributed by atoms with Crippen molar-refractivity contribution >= 4 is 29.9 Å². The molecule has 2 aromatic rings. The summed E-state index contributed by atoms with van der Waals surface area (Å²) in [6.07, 6.45) is 1.23. The van der Waals surface area contributed by atoms with Crippen LogP contribution in [0.15, 0.2) is 48.5 Å². The molecule has 3 rings (SSSR count). The van der Waals surface area contributed by atoms with Crippen LogP contribution in [0.5, 0.6) is 5.75 Å². The number of carbonyl (C=O) groups excluding carboxylic acids is 1. The van der Waals surface area contributed by atoms with Crippen molar-refractivity contribution in [2.75, 3.05) is 26.7 Å². The van der Waals surface area contributed by atoms with Gasteiger partial charge in [0.15, 0.2) is 0 Å². The number of carbonyl (C=O) groups is 1. The van der Waals surface area contributed by atoms with Crippen molar-refractivity contribution in [1.82, 2.24) is 10.2 Å². The number of rotatable bonds is 5. The number of halogens is 2. The molecule has 6 heteroatoms. The van der Waals surface area contributed by atoms with Gasteiger partial charge in [0.2, 0.25) is 5.91 Å². The van der Waals surface area contributed by atoms with Crippen molar-refractivity contribution in [3.63, 3.8) is 0 Å². The van der Waals surface area contributed by atoms with Crippen LogP contribution in [-0.2, 0) is 11.2 Å². The average molecular weight is 395 g/mol. The summed E-state index contributed by atoms with van der Waals surface area (Å²) in [5.74, 6) is 1.01. The van der Waals surface area contributed by atoms with E-state index in [2.05, 4.69) is 5.32 Å². The van der Waals surface area contributed by atoms with Gasteiger partial charge in [-0.15, -0.1) is 12.4 Å². The molecule has 1 aliphatic rings. The van der Waals surface area contributed by atoms with Gasteiger partial charge in [0.1, 0.15) is 5.75 Å². The second kappa shape index (κ2) is 9.81. The normalized spacial score (nSPS) is 16.7. The molecule has 1 saturated heterocycles. The Balaban J connectivity index is 0.00000243. The SMILES string of the molecule is COc1ccc(CCC(=O)N2CCNCC2c2cccc(Cl)c2)cc1.Cl. The summed E-state index contributed by atoms with van der Waals surface area (Å²) < 4.78 is 5.17. The molecule has 0 aromatic heterocycles. The smallest absolute Gasteiger partial charge is 0.223 e. The van der Waals surface area contributed by atoms with Crippen molar-refractivity contribution in [2.45, 2.75) is 18.9 Å². The molecule has 1 atom stereocenters. The van der Waals surface area contributed by atoms with Crippen LogP contribution in [0, 0.1) is 0 Å². The summed E-state index contributed by atoms with van der Waals surface area (Å²) in [6, 6.07) is 15.7. The van der Waals surface area contributed by atoms with Crippen molar-refractivity contribution in [2.24, 2.45) is 0 Å². The third-order valence-corrected chi connectivity index (χ3v) is 4.82. The van der Waals surface area contributed by atoms with Crippen LogP contribution in [-0.4, -0.2) is 37.6 Å². The molecule has 4 nitrogen and oxygen atoms in total. The first-order chi connectivity index (χ1) is 12.2. The predicted octanol–water partition coefficient (Wildman–Crippen LogP) is 3.88. The Hall–Kier alpha value is -1.75. The lowest BCUT2D eigenvalue weighted by molar-refractivity contribution is -0.134. The van der Waals surface area contributed by atoms with Crippen LogP contribution < -0.4 is 10.1 Å². The highest BCUT2D eigenvalue weighted by Crippen LogP contribution is 2.25. The Kier molecular flexibility index (Phi) is 7.76. The first-order valence-electron chi connectivity index (χ1n) is 8.56. The van der Waals surface area contributed by atoms with Gasteiger partial charge in [0.25, 0.3) is 0 Å². The maximum Gasteiger partial charge on any atom is 0.223 e. The highest BCUT2D eigenvalue weighted by Gasteiger charge is 2.27. The highest BCUT2D eigenvalue weighted by molar-refractivity contribution is 6.30. The minimum Gasteiger partial charge on any atom is -0.497 e. The molecule has 2 aromatic carbocycles. The summed E-state index contributed by atoms with van der Waals surface area (Å²) in [4.78, 5) is 14.8. The third kappa shape index (κ3) is 5.13. The molecule has 1 N–H and O–H groups in total. The number of benzene rings is 2. The lowest BCUT2D eigenvalue weighted by atomic mass is 10.0. The van der Waals surface area contributed by atoms with E-state index < -0.39 is 0 Å². The van der Waals surface area contributed by atoms with E-state index in [4.69, 9.17) is 16.3 Å². The van der Waals surface area contributed by atoms with Gasteiger partial charge in [-0.3, -0.25) is 4.79 Å². The number of nitrogens with zero attached hydrogens (tertiary/aromatic N) is 1. The molecule has 26 heavy (non-hydrogen) atoms. The van der Waals surface area contributed by atoms with Crippen LogP contribution in [0.25, 0.3) is 0 Å². The number of piperazine rings is 1. The highest BCUT2D eigenvalue weighted by atomic mass is 35.5. The summed E-state index contributed by atoms with van der Waals surface area (Å²) in [5, 5.41) is 4.08. The molecule has 0 spiro atoms. The van der Waals surface area contributed by atoms with E-state index in [0.717, 1.165) is 42.9 Å². The third-order valence-electron chi connectivity index (χ3n) is 4.58. The molecule has 1 aliphatic heterocycles. The minimum atomic E-state index is 0. The van der Waals surface area contributed by atoms with Crippen molar-refractivity contribution in [3.05, 3.63) is 64.7 Å². The second-order valence-corrected chi connectivity index (χ2v) is 6.65. The Labute approximate surface area is 165 Å². The fourth-order valence-electron chi connectivity index (χ4n) is 3.20. The zero-order valence-corrected chi connectivity index (χ0v) is 16.4. The van der Waals surface area contributed by atoms with E-state index in [1.807, 2.05) is 53.4 Å². The van der Waals surface area contributed by atoms with Crippen LogP contribution in [0.3, 0.4) is 0 Å². The summed E-state index contributed by atoms with van der Waals surface area (Å²) in [5.41, 5.74) is 2.22. The van der Waals surface area contributed by atoms with Gasteiger partial charge in [-0.2, -0.15) is 0 Å². The minimum absolute atomic E-state index is 0.